The second-order valence-electron chi connectivity index (χ2n) is 5.36. The molecule has 2 rings (SSSR count). The van der Waals surface area contributed by atoms with Crippen molar-refractivity contribution in [3.63, 3.8) is 0 Å². The number of thioether (sulfide) groups is 1. The monoisotopic (exact) mass is 242 g/mol. The molecule has 3 heteroatoms. The number of rotatable bonds is 4. The van der Waals surface area contributed by atoms with Gasteiger partial charge < -0.3 is 5.73 Å². The summed E-state index contributed by atoms with van der Waals surface area (Å²) in [6, 6.07) is 2.20. The highest BCUT2D eigenvalue weighted by Crippen LogP contribution is 2.35. The molecule has 4 unspecified atom stereocenters. The Morgan fingerprint density at radius 1 is 1.38 bits per heavy atom. The number of hydrogen-bond acceptors (Lipinski definition) is 3. The van der Waals surface area contributed by atoms with Crippen LogP contribution in [0, 0.1) is 5.92 Å². The Hall–Kier alpha value is 0.270. The molecule has 94 valence electrons. The number of likely N-dealkylation sites (tertiary alicyclic amines) is 1. The molecule has 0 aromatic heterocycles. The topological polar surface area (TPSA) is 29.3 Å². The van der Waals surface area contributed by atoms with E-state index in [9.17, 15) is 0 Å². The molecule has 0 aromatic carbocycles. The summed E-state index contributed by atoms with van der Waals surface area (Å²) >= 11 is 2.11. The highest BCUT2D eigenvalue weighted by atomic mass is 32.2. The van der Waals surface area contributed by atoms with Gasteiger partial charge in [-0.2, -0.15) is 11.8 Å². The first kappa shape index (κ1) is 12.7. The zero-order valence-electron chi connectivity index (χ0n) is 10.7. The van der Waals surface area contributed by atoms with Gasteiger partial charge in [0.2, 0.25) is 0 Å². The molecular formula is C13H26N2S. The van der Waals surface area contributed by atoms with Crippen molar-refractivity contribution in [1.82, 2.24) is 4.90 Å². The average Bonchev–Trinajstić information content (AvgIpc) is 2.91. The molecule has 2 N–H and O–H groups in total. The summed E-state index contributed by atoms with van der Waals surface area (Å²) in [7, 11) is 0. The Bertz CT molecular complexity index is 216. The molecule has 0 saturated carbocycles. The minimum Gasteiger partial charge on any atom is -0.329 e. The molecule has 0 aliphatic carbocycles. The fraction of sp³-hybridized carbons (Fsp3) is 1.00. The molecule has 0 radical (unpaired) electrons. The van der Waals surface area contributed by atoms with Crippen molar-refractivity contribution in [2.75, 3.05) is 18.1 Å². The van der Waals surface area contributed by atoms with Gasteiger partial charge in [-0.15, -0.1) is 0 Å². The predicted octanol–water partition coefficient (Wildman–Crippen LogP) is 2.33. The van der Waals surface area contributed by atoms with Gasteiger partial charge in [-0.1, -0.05) is 6.92 Å². The van der Waals surface area contributed by atoms with Gasteiger partial charge in [0.25, 0.3) is 0 Å². The van der Waals surface area contributed by atoms with Crippen LogP contribution in [0.4, 0.5) is 0 Å². The van der Waals surface area contributed by atoms with Gasteiger partial charge in [-0.3, -0.25) is 4.90 Å². The standard InChI is InChI=1S/C13H26N2S/c1-3-12-5-4-10(2)15(12)13(8-14)11-6-7-16-9-11/h10-13H,3-9,14H2,1-2H3. The lowest BCUT2D eigenvalue weighted by Gasteiger charge is -2.38. The van der Waals surface area contributed by atoms with Gasteiger partial charge in [-0.25, -0.2) is 0 Å². The first-order valence-corrected chi connectivity index (χ1v) is 7.98. The second-order valence-corrected chi connectivity index (χ2v) is 6.51. The summed E-state index contributed by atoms with van der Waals surface area (Å²) in [5.74, 6) is 3.53. The minimum atomic E-state index is 0.650. The van der Waals surface area contributed by atoms with Gasteiger partial charge in [-0.05, 0) is 50.0 Å². The normalized spacial score (nSPS) is 38.1. The molecule has 2 saturated heterocycles. The van der Waals surface area contributed by atoms with Crippen molar-refractivity contribution in [2.24, 2.45) is 11.7 Å². The fourth-order valence-electron chi connectivity index (χ4n) is 3.52. The molecule has 2 heterocycles. The van der Waals surface area contributed by atoms with Crippen LogP contribution in [0.1, 0.15) is 39.5 Å². The van der Waals surface area contributed by atoms with Crippen LogP contribution < -0.4 is 5.73 Å². The van der Waals surface area contributed by atoms with Crippen molar-refractivity contribution in [3.8, 4) is 0 Å². The Morgan fingerprint density at radius 2 is 2.19 bits per heavy atom. The third kappa shape index (κ3) is 2.41. The van der Waals surface area contributed by atoms with E-state index in [1.807, 2.05) is 0 Å². The van der Waals surface area contributed by atoms with Crippen LogP contribution in [0.2, 0.25) is 0 Å². The van der Waals surface area contributed by atoms with Gasteiger partial charge in [0.1, 0.15) is 0 Å². The highest BCUT2D eigenvalue weighted by molar-refractivity contribution is 7.99. The lowest BCUT2D eigenvalue weighted by molar-refractivity contribution is 0.102. The quantitative estimate of drug-likeness (QED) is 0.820. The summed E-state index contributed by atoms with van der Waals surface area (Å²) in [6.45, 7) is 5.57. The maximum Gasteiger partial charge on any atom is 0.0260 e. The third-order valence-electron chi connectivity index (χ3n) is 4.45. The Labute approximate surface area is 104 Å². The molecular weight excluding hydrogens is 216 g/mol. The Kier molecular flexibility index (Phi) is 4.57. The summed E-state index contributed by atoms with van der Waals surface area (Å²) in [4.78, 5) is 2.76. The summed E-state index contributed by atoms with van der Waals surface area (Å²) in [5.41, 5.74) is 6.06. The Balaban J connectivity index is 2.05. The van der Waals surface area contributed by atoms with E-state index in [-0.39, 0.29) is 0 Å². The molecule has 0 aromatic rings. The van der Waals surface area contributed by atoms with Crippen molar-refractivity contribution >= 4 is 11.8 Å². The minimum absolute atomic E-state index is 0.650. The highest BCUT2D eigenvalue weighted by Gasteiger charge is 2.38. The zero-order chi connectivity index (χ0) is 11.5. The fourth-order valence-corrected chi connectivity index (χ4v) is 4.85. The third-order valence-corrected chi connectivity index (χ3v) is 5.64. The van der Waals surface area contributed by atoms with Crippen LogP contribution in [-0.4, -0.2) is 41.1 Å². The molecule has 0 bridgehead atoms. The first-order valence-electron chi connectivity index (χ1n) is 6.83. The summed E-state index contributed by atoms with van der Waals surface area (Å²) < 4.78 is 0. The van der Waals surface area contributed by atoms with Crippen LogP contribution >= 0.6 is 11.8 Å². The number of hydrogen-bond donors (Lipinski definition) is 1. The molecule has 2 aliphatic heterocycles. The van der Waals surface area contributed by atoms with Gasteiger partial charge in [0.05, 0.1) is 0 Å². The average molecular weight is 242 g/mol. The lowest BCUT2D eigenvalue weighted by atomic mass is 9.96. The number of nitrogens with two attached hydrogens (primary N) is 1. The van der Waals surface area contributed by atoms with Gasteiger partial charge in [0.15, 0.2) is 0 Å². The van der Waals surface area contributed by atoms with Crippen molar-refractivity contribution in [3.05, 3.63) is 0 Å². The van der Waals surface area contributed by atoms with E-state index in [0.717, 1.165) is 24.5 Å². The SMILES string of the molecule is CCC1CCC(C)N1C(CN)C1CCSC1. The molecule has 2 fully saturated rings. The van der Waals surface area contributed by atoms with Gasteiger partial charge >= 0.3 is 0 Å². The van der Waals surface area contributed by atoms with Crippen LogP contribution in [0.3, 0.4) is 0 Å². The smallest absolute Gasteiger partial charge is 0.0260 e. The van der Waals surface area contributed by atoms with Crippen molar-refractivity contribution in [1.29, 1.82) is 0 Å². The van der Waals surface area contributed by atoms with E-state index in [4.69, 9.17) is 5.73 Å². The van der Waals surface area contributed by atoms with Crippen molar-refractivity contribution < 1.29 is 0 Å². The lowest BCUT2D eigenvalue weighted by Crippen LogP contribution is -2.50. The molecule has 0 amide bonds. The largest absolute Gasteiger partial charge is 0.329 e. The molecule has 2 nitrogen and oxygen atoms in total. The van der Waals surface area contributed by atoms with E-state index in [0.29, 0.717) is 6.04 Å². The maximum absolute atomic E-state index is 6.06. The van der Waals surface area contributed by atoms with Crippen LogP contribution in [-0.2, 0) is 0 Å². The summed E-state index contributed by atoms with van der Waals surface area (Å²) in [5, 5.41) is 0. The predicted molar refractivity (Wildman–Crippen MR) is 72.9 cm³/mol. The van der Waals surface area contributed by atoms with Crippen molar-refractivity contribution in [2.45, 2.75) is 57.7 Å². The zero-order valence-corrected chi connectivity index (χ0v) is 11.5. The molecule has 4 atom stereocenters. The number of nitrogens with zero attached hydrogens (tertiary/aromatic N) is 1. The van der Waals surface area contributed by atoms with Crippen LogP contribution in [0.5, 0.6) is 0 Å². The second kappa shape index (κ2) is 5.74. The van der Waals surface area contributed by atoms with E-state index < -0.39 is 0 Å². The molecule has 16 heavy (non-hydrogen) atoms. The van der Waals surface area contributed by atoms with Crippen LogP contribution in [0.15, 0.2) is 0 Å². The Morgan fingerprint density at radius 3 is 2.75 bits per heavy atom. The summed E-state index contributed by atoms with van der Waals surface area (Å²) in [6.07, 6.45) is 5.43. The van der Waals surface area contributed by atoms with Gasteiger partial charge in [0, 0.05) is 24.7 Å². The first-order chi connectivity index (χ1) is 7.77. The van der Waals surface area contributed by atoms with E-state index in [2.05, 4.69) is 30.5 Å². The van der Waals surface area contributed by atoms with E-state index in [1.54, 1.807) is 0 Å². The van der Waals surface area contributed by atoms with E-state index in [1.165, 1.54) is 37.2 Å². The molecule has 2 aliphatic rings. The van der Waals surface area contributed by atoms with E-state index >= 15 is 0 Å². The van der Waals surface area contributed by atoms with Crippen LogP contribution in [0.25, 0.3) is 0 Å². The molecule has 0 spiro atoms. The maximum atomic E-state index is 6.06.